The Balaban J connectivity index is 2.92. The first-order valence-electron chi connectivity index (χ1n) is 4.95. The first-order chi connectivity index (χ1) is 8.35. The number of halogens is 2. The molecule has 5 nitrogen and oxygen atoms in total. The second-order valence-corrected chi connectivity index (χ2v) is 5.68. The molecule has 0 fully saturated rings. The SMILES string of the molecule is O=C(O)c1cc(NS(=O)(=O)CCCCl)ccc1F. The quantitative estimate of drug-likeness (QED) is 0.785. The van der Waals surface area contributed by atoms with Crippen LogP contribution in [-0.4, -0.2) is 31.1 Å². The van der Waals surface area contributed by atoms with E-state index in [1.54, 1.807) is 0 Å². The molecule has 0 aromatic heterocycles. The summed E-state index contributed by atoms with van der Waals surface area (Å²) in [6.45, 7) is 0. The standard InChI is InChI=1S/C10H11ClFNO4S/c11-4-1-5-18(16,17)13-7-2-3-9(12)8(6-7)10(14)15/h2-3,6,13H,1,4-5H2,(H,14,15). The first kappa shape index (κ1) is 14.7. The molecule has 1 aromatic rings. The van der Waals surface area contributed by atoms with E-state index in [9.17, 15) is 17.6 Å². The van der Waals surface area contributed by atoms with Gasteiger partial charge in [-0.15, -0.1) is 11.6 Å². The van der Waals surface area contributed by atoms with E-state index in [1.165, 1.54) is 0 Å². The van der Waals surface area contributed by atoms with Crippen molar-refractivity contribution in [2.75, 3.05) is 16.4 Å². The van der Waals surface area contributed by atoms with Gasteiger partial charge in [0.2, 0.25) is 10.0 Å². The predicted octanol–water partition coefficient (Wildman–Crippen LogP) is 1.89. The molecular weight excluding hydrogens is 285 g/mol. The van der Waals surface area contributed by atoms with Crippen LogP contribution in [0.4, 0.5) is 10.1 Å². The number of carboxylic acid groups (broad SMARTS) is 1. The molecule has 0 heterocycles. The molecular formula is C10H11ClFNO4S. The van der Waals surface area contributed by atoms with E-state index in [-0.39, 0.29) is 23.7 Å². The van der Waals surface area contributed by atoms with Crippen molar-refractivity contribution in [1.82, 2.24) is 0 Å². The average Bonchev–Trinajstić information content (AvgIpc) is 2.28. The largest absolute Gasteiger partial charge is 0.478 e. The summed E-state index contributed by atoms with van der Waals surface area (Å²) in [5, 5.41) is 8.70. The van der Waals surface area contributed by atoms with Crippen molar-refractivity contribution in [3.05, 3.63) is 29.6 Å². The summed E-state index contributed by atoms with van der Waals surface area (Å²) in [5.74, 6) is -2.37. The molecule has 0 aliphatic carbocycles. The zero-order chi connectivity index (χ0) is 13.8. The van der Waals surface area contributed by atoms with Crippen molar-refractivity contribution < 1.29 is 22.7 Å². The van der Waals surface area contributed by atoms with Crippen molar-refractivity contribution >= 4 is 33.3 Å². The van der Waals surface area contributed by atoms with E-state index in [1.807, 2.05) is 0 Å². The summed E-state index contributed by atoms with van der Waals surface area (Å²) in [5.41, 5.74) is -0.587. The van der Waals surface area contributed by atoms with Crippen LogP contribution in [0.3, 0.4) is 0 Å². The Bertz CT molecular complexity index is 547. The Morgan fingerprint density at radius 2 is 2.11 bits per heavy atom. The maximum atomic E-state index is 13.1. The van der Waals surface area contributed by atoms with Crippen LogP contribution in [0.25, 0.3) is 0 Å². The molecule has 2 N–H and O–H groups in total. The normalized spacial score (nSPS) is 11.2. The minimum atomic E-state index is -3.60. The summed E-state index contributed by atoms with van der Waals surface area (Å²) in [4.78, 5) is 10.7. The minimum Gasteiger partial charge on any atom is -0.478 e. The van der Waals surface area contributed by atoms with Gasteiger partial charge in [0.05, 0.1) is 11.3 Å². The third-order valence-electron chi connectivity index (χ3n) is 2.02. The molecule has 0 amide bonds. The smallest absolute Gasteiger partial charge is 0.338 e. The predicted molar refractivity (Wildman–Crippen MR) is 66.1 cm³/mol. The topological polar surface area (TPSA) is 83.5 Å². The number of nitrogens with one attached hydrogen (secondary N) is 1. The highest BCUT2D eigenvalue weighted by Gasteiger charge is 2.14. The van der Waals surface area contributed by atoms with Crippen molar-refractivity contribution in [2.45, 2.75) is 6.42 Å². The molecule has 0 atom stereocenters. The van der Waals surface area contributed by atoms with Gasteiger partial charge >= 0.3 is 5.97 Å². The number of aromatic carboxylic acids is 1. The summed E-state index contributed by atoms with van der Waals surface area (Å²) >= 11 is 5.38. The Labute approximate surface area is 109 Å². The van der Waals surface area contributed by atoms with Crippen molar-refractivity contribution in [2.24, 2.45) is 0 Å². The lowest BCUT2D eigenvalue weighted by Gasteiger charge is -2.08. The van der Waals surface area contributed by atoms with Crippen molar-refractivity contribution in [3.63, 3.8) is 0 Å². The fraction of sp³-hybridized carbons (Fsp3) is 0.300. The lowest BCUT2D eigenvalue weighted by atomic mass is 10.2. The monoisotopic (exact) mass is 295 g/mol. The number of benzene rings is 1. The second-order valence-electron chi connectivity index (χ2n) is 3.46. The van der Waals surface area contributed by atoms with Gasteiger partial charge < -0.3 is 5.11 Å². The van der Waals surface area contributed by atoms with E-state index in [0.717, 1.165) is 18.2 Å². The Hall–Kier alpha value is -1.34. The maximum Gasteiger partial charge on any atom is 0.338 e. The number of carboxylic acids is 1. The first-order valence-corrected chi connectivity index (χ1v) is 7.13. The van der Waals surface area contributed by atoms with Crippen LogP contribution in [0.5, 0.6) is 0 Å². The van der Waals surface area contributed by atoms with Gasteiger partial charge in [-0.25, -0.2) is 17.6 Å². The third kappa shape index (κ3) is 4.15. The molecule has 0 saturated carbocycles. The number of anilines is 1. The van der Waals surface area contributed by atoms with Gasteiger partial charge in [-0.1, -0.05) is 0 Å². The van der Waals surface area contributed by atoms with E-state index in [4.69, 9.17) is 16.7 Å². The van der Waals surface area contributed by atoms with Crippen LogP contribution >= 0.6 is 11.6 Å². The Morgan fingerprint density at radius 3 is 2.67 bits per heavy atom. The second kappa shape index (κ2) is 6.01. The van der Waals surface area contributed by atoms with Crippen LogP contribution in [0.1, 0.15) is 16.8 Å². The van der Waals surface area contributed by atoms with E-state index in [2.05, 4.69) is 4.72 Å². The molecule has 0 bridgehead atoms. The minimum absolute atomic E-state index is 0.00312. The van der Waals surface area contributed by atoms with Gasteiger partial charge in [-0.2, -0.15) is 0 Å². The highest BCUT2D eigenvalue weighted by atomic mass is 35.5. The van der Waals surface area contributed by atoms with Gasteiger partial charge in [-0.3, -0.25) is 4.72 Å². The van der Waals surface area contributed by atoms with E-state index < -0.39 is 27.4 Å². The fourth-order valence-corrected chi connectivity index (χ4v) is 2.63. The average molecular weight is 296 g/mol. The Morgan fingerprint density at radius 1 is 1.44 bits per heavy atom. The van der Waals surface area contributed by atoms with E-state index >= 15 is 0 Å². The molecule has 100 valence electrons. The van der Waals surface area contributed by atoms with Gasteiger partial charge in [0.15, 0.2) is 0 Å². The molecule has 0 unspecified atom stereocenters. The Kier molecular flexibility index (Phi) is 4.92. The third-order valence-corrected chi connectivity index (χ3v) is 3.66. The molecule has 0 saturated heterocycles. The molecule has 1 aromatic carbocycles. The van der Waals surface area contributed by atoms with Gasteiger partial charge in [0, 0.05) is 11.6 Å². The number of sulfonamides is 1. The van der Waals surface area contributed by atoms with Gasteiger partial charge in [0.1, 0.15) is 5.82 Å². The lowest BCUT2D eigenvalue weighted by Crippen LogP contribution is -2.17. The van der Waals surface area contributed by atoms with Gasteiger partial charge in [0.25, 0.3) is 0 Å². The summed E-state index contributed by atoms with van der Waals surface area (Å²) in [6.07, 6.45) is 0.268. The summed E-state index contributed by atoms with van der Waals surface area (Å²) in [7, 11) is -3.60. The molecule has 1 rings (SSSR count). The van der Waals surface area contributed by atoms with Crippen molar-refractivity contribution in [1.29, 1.82) is 0 Å². The molecule has 0 aliphatic rings. The molecule has 0 spiro atoms. The van der Waals surface area contributed by atoms with Gasteiger partial charge in [-0.05, 0) is 24.6 Å². The van der Waals surface area contributed by atoms with E-state index in [0.29, 0.717) is 0 Å². The van der Waals surface area contributed by atoms with Crippen LogP contribution < -0.4 is 4.72 Å². The lowest BCUT2D eigenvalue weighted by molar-refractivity contribution is 0.0692. The number of alkyl halides is 1. The highest BCUT2D eigenvalue weighted by molar-refractivity contribution is 7.92. The number of hydrogen-bond acceptors (Lipinski definition) is 3. The fourth-order valence-electron chi connectivity index (χ4n) is 1.23. The van der Waals surface area contributed by atoms with Crippen LogP contribution in [-0.2, 0) is 10.0 Å². The maximum absolute atomic E-state index is 13.1. The highest BCUT2D eigenvalue weighted by Crippen LogP contribution is 2.16. The van der Waals surface area contributed by atoms with Crippen LogP contribution in [0, 0.1) is 5.82 Å². The number of carbonyl (C=O) groups is 1. The zero-order valence-corrected chi connectivity index (χ0v) is 10.8. The number of rotatable bonds is 6. The zero-order valence-electron chi connectivity index (χ0n) is 9.19. The molecule has 0 aliphatic heterocycles. The van der Waals surface area contributed by atoms with Crippen LogP contribution in [0.2, 0.25) is 0 Å². The molecule has 0 radical (unpaired) electrons. The summed E-state index contributed by atoms with van der Waals surface area (Å²) < 4.78 is 38.3. The summed E-state index contributed by atoms with van der Waals surface area (Å²) in [6, 6.07) is 2.97. The number of hydrogen-bond donors (Lipinski definition) is 2. The van der Waals surface area contributed by atoms with Crippen molar-refractivity contribution in [3.8, 4) is 0 Å². The van der Waals surface area contributed by atoms with Crippen LogP contribution in [0.15, 0.2) is 18.2 Å². The molecule has 8 heteroatoms. The molecule has 18 heavy (non-hydrogen) atoms.